The van der Waals surface area contributed by atoms with E-state index in [2.05, 4.69) is 15.3 Å². The van der Waals surface area contributed by atoms with Crippen molar-refractivity contribution in [2.75, 3.05) is 6.54 Å². The number of amides is 1. The fourth-order valence-electron chi connectivity index (χ4n) is 1.69. The van der Waals surface area contributed by atoms with Crippen molar-refractivity contribution in [2.24, 2.45) is 0 Å². The first-order valence-electron chi connectivity index (χ1n) is 5.56. The summed E-state index contributed by atoms with van der Waals surface area (Å²) < 4.78 is 2.35. The molecule has 18 heavy (non-hydrogen) atoms. The highest BCUT2D eigenvalue weighted by Crippen LogP contribution is 2.29. The second-order valence-corrected chi connectivity index (χ2v) is 5.83. The van der Waals surface area contributed by atoms with Crippen molar-refractivity contribution < 1.29 is 4.79 Å². The van der Waals surface area contributed by atoms with Crippen LogP contribution in [0.25, 0.3) is 9.40 Å². The second-order valence-electron chi connectivity index (χ2n) is 3.80. The zero-order chi connectivity index (χ0) is 12.4. The molecule has 3 heterocycles. The van der Waals surface area contributed by atoms with Crippen LogP contribution in [0.1, 0.15) is 15.5 Å². The first-order valence-corrected chi connectivity index (χ1v) is 7.26. The Morgan fingerprint density at radius 2 is 2.39 bits per heavy atom. The van der Waals surface area contributed by atoms with Gasteiger partial charge in [0.05, 0.1) is 4.88 Å². The number of hydrogen-bond acceptors (Lipinski definition) is 4. The van der Waals surface area contributed by atoms with E-state index in [1.54, 1.807) is 23.7 Å². The van der Waals surface area contributed by atoms with Crippen LogP contribution in [0, 0.1) is 0 Å². The molecular formula is C12H11N3OS2. The summed E-state index contributed by atoms with van der Waals surface area (Å²) in [5.41, 5.74) is 0. The summed E-state index contributed by atoms with van der Waals surface area (Å²) in [6.45, 7) is 0.595. The molecule has 3 rings (SSSR count). The predicted octanol–water partition coefficient (Wildman–Crippen LogP) is 2.66. The number of carbonyl (C=O) groups excluding carboxylic acids is 1. The number of aromatic amines is 1. The Labute approximate surface area is 112 Å². The van der Waals surface area contributed by atoms with E-state index in [-0.39, 0.29) is 5.91 Å². The standard InChI is InChI=1S/C12H11N3OS2/c16-12(15-3-1-11-13-4-5-14-11)10-7-9-8(18-10)2-6-17-9/h2,4-7H,1,3H2,(H,13,14)(H,15,16). The predicted molar refractivity (Wildman–Crippen MR) is 74.3 cm³/mol. The molecule has 3 aromatic rings. The second kappa shape index (κ2) is 4.91. The Morgan fingerprint density at radius 3 is 3.17 bits per heavy atom. The number of H-pyrrole nitrogens is 1. The third-order valence-corrected chi connectivity index (χ3v) is 4.66. The number of fused-ring (bicyclic) bond motifs is 1. The first-order chi connectivity index (χ1) is 8.83. The summed E-state index contributed by atoms with van der Waals surface area (Å²) in [6, 6.07) is 4.00. The highest BCUT2D eigenvalue weighted by atomic mass is 32.1. The molecule has 0 bridgehead atoms. The molecule has 0 saturated carbocycles. The zero-order valence-electron chi connectivity index (χ0n) is 9.47. The van der Waals surface area contributed by atoms with Gasteiger partial charge in [0.2, 0.25) is 0 Å². The van der Waals surface area contributed by atoms with E-state index in [0.29, 0.717) is 6.54 Å². The average molecular weight is 277 g/mol. The number of nitrogens with zero attached hydrogens (tertiary/aromatic N) is 1. The fraction of sp³-hybridized carbons (Fsp3) is 0.167. The monoisotopic (exact) mass is 277 g/mol. The number of aromatic nitrogens is 2. The van der Waals surface area contributed by atoms with Gasteiger partial charge in [-0.2, -0.15) is 0 Å². The molecule has 0 radical (unpaired) electrons. The summed E-state index contributed by atoms with van der Waals surface area (Å²) in [4.78, 5) is 19.8. The van der Waals surface area contributed by atoms with Crippen LogP contribution in [-0.4, -0.2) is 22.4 Å². The van der Waals surface area contributed by atoms with Gasteiger partial charge < -0.3 is 10.3 Å². The Balaban J connectivity index is 1.59. The summed E-state index contributed by atoms with van der Waals surface area (Å²) in [5, 5.41) is 4.95. The van der Waals surface area contributed by atoms with E-state index < -0.39 is 0 Å². The topological polar surface area (TPSA) is 57.8 Å². The van der Waals surface area contributed by atoms with Crippen LogP contribution in [0.15, 0.2) is 29.9 Å². The van der Waals surface area contributed by atoms with Crippen molar-refractivity contribution in [1.29, 1.82) is 0 Å². The maximum Gasteiger partial charge on any atom is 0.261 e. The van der Waals surface area contributed by atoms with Gasteiger partial charge in [0.25, 0.3) is 5.91 Å². The average Bonchev–Trinajstić information content (AvgIpc) is 3.04. The molecule has 1 amide bonds. The molecule has 2 N–H and O–H groups in total. The quantitative estimate of drug-likeness (QED) is 0.770. The molecule has 0 saturated heterocycles. The fourth-order valence-corrected chi connectivity index (χ4v) is 3.72. The van der Waals surface area contributed by atoms with Crippen LogP contribution in [0.3, 0.4) is 0 Å². The van der Waals surface area contributed by atoms with Crippen molar-refractivity contribution in [3.63, 3.8) is 0 Å². The van der Waals surface area contributed by atoms with Crippen LogP contribution in [-0.2, 0) is 6.42 Å². The number of nitrogens with one attached hydrogen (secondary N) is 2. The smallest absolute Gasteiger partial charge is 0.261 e. The molecule has 0 aliphatic carbocycles. The van der Waals surface area contributed by atoms with E-state index in [4.69, 9.17) is 0 Å². The summed E-state index contributed by atoms with van der Waals surface area (Å²) >= 11 is 3.20. The molecule has 0 aromatic carbocycles. The molecule has 0 spiro atoms. The van der Waals surface area contributed by atoms with E-state index in [0.717, 1.165) is 17.1 Å². The van der Waals surface area contributed by atoms with Gasteiger partial charge in [-0.25, -0.2) is 4.98 Å². The molecule has 0 aliphatic rings. The molecular weight excluding hydrogens is 266 g/mol. The Hall–Kier alpha value is -1.66. The number of hydrogen-bond donors (Lipinski definition) is 2. The van der Waals surface area contributed by atoms with Crippen LogP contribution in [0.4, 0.5) is 0 Å². The normalized spacial score (nSPS) is 10.9. The van der Waals surface area contributed by atoms with Crippen LogP contribution in [0.2, 0.25) is 0 Å². The lowest BCUT2D eigenvalue weighted by Crippen LogP contribution is -2.25. The molecule has 92 valence electrons. The van der Waals surface area contributed by atoms with Crippen molar-refractivity contribution in [1.82, 2.24) is 15.3 Å². The molecule has 0 aliphatic heterocycles. The minimum Gasteiger partial charge on any atom is -0.351 e. The summed E-state index contributed by atoms with van der Waals surface area (Å²) in [6.07, 6.45) is 4.22. The summed E-state index contributed by atoms with van der Waals surface area (Å²) in [7, 11) is 0. The molecule has 4 nitrogen and oxygen atoms in total. The van der Waals surface area contributed by atoms with E-state index in [1.165, 1.54) is 20.7 Å². The Morgan fingerprint density at radius 1 is 1.44 bits per heavy atom. The van der Waals surface area contributed by atoms with Gasteiger partial charge in [0.1, 0.15) is 5.82 Å². The van der Waals surface area contributed by atoms with Gasteiger partial charge in [-0.3, -0.25) is 4.79 Å². The minimum absolute atomic E-state index is 0.00467. The number of thiophene rings is 2. The van der Waals surface area contributed by atoms with Gasteiger partial charge in [-0.15, -0.1) is 22.7 Å². The van der Waals surface area contributed by atoms with Gasteiger partial charge >= 0.3 is 0 Å². The van der Waals surface area contributed by atoms with Crippen LogP contribution >= 0.6 is 22.7 Å². The van der Waals surface area contributed by atoms with Crippen molar-refractivity contribution >= 4 is 38.0 Å². The molecule has 0 fully saturated rings. The number of carbonyl (C=O) groups is 1. The zero-order valence-corrected chi connectivity index (χ0v) is 11.1. The third-order valence-electron chi connectivity index (χ3n) is 2.57. The van der Waals surface area contributed by atoms with Gasteiger partial charge in [0.15, 0.2) is 0 Å². The number of rotatable bonds is 4. The first kappa shape index (κ1) is 11.4. The van der Waals surface area contributed by atoms with Crippen LogP contribution < -0.4 is 5.32 Å². The van der Waals surface area contributed by atoms with E-state index >= 15 is 0 Å². The molecule has 0 unspecified atom stereocenters. The van der Waals surface area contributed by atoms with Gasteiger partial charge in [0, 0.05) is 34.8 Å². The van der Waals surface area contributed by atoms with Gasteiger partial charge in [-0.1, -0.05) is 0 Å². The SMILES string of the molecule is O=C(NCCc1ncc[nH]1)c1cc2sccc2s1. The van der Waals surface area contributed by atoms with Gasteiger partial charge in [-0.05, 0) is 17.5 Å². The third kappa shape index (κ3) is 2.30. The lowest BCUT2D eigenvalue weighted by molar-refractivity contribution is 0.0958. The lowest BCUT2D eigenvalue weighted by atomic mass is 10.3. The maximum atomic E-state index is 11.9. The Bertz CT molecular complexity index is 625. The molecule has 3 aromatic heterocycles. The lowest BCUT2D eigenvalue weighted by Gasteiger charge is -2.01. The summed E-state index contributed by atoms with van der Waals surface area (Å²) in [5.74, 6) is 0.886. The maximum absolute atomic E-state index is 11.9. The largest absolute Gasteiger partial charge is 0.351 e. The molecule has 0 atom stereocenters. The van der Waals surface area contributed by atoms with Crippen molar-refractivity contribution in [2.45, 2.75) is 6.42 Å². The minimum atomic E-state index is -0.00467. The Kier molecular flexibility index (Phi) is 3.12. The van der Waals surface area contributed by atoms with Crippen molar-refractivity contribution in [3.05, 3.63) is 40.6 Å². The highest BCUT2D eigenvalue weighted by Gasteiger charge is 2.10. The molecule has 6 heteroatoms. The van der Waals surface area contributed by atoms with E-state index in [1.807, 2.05) is 17.5 Å². The number of imidazole rings is 1. The van der Waals surface area contributed by atoms with Crippen LogP contribution in [0.5, 0.6) is 0 Å². The van der Waals surface area contributed by atoms with E-state index in [9.17, 15) is 4.79 Å². The van der Waals surface area contributed by atoms with Crippen molar-refractivity contribution in [3.8, 4) is 0 Å². The highest BCUT2D eigenvalue weighted by molar-refractivity contribution is 7.27.